The number of non-ortho nitro benzene ring substituents is 1. The highest BCUT2D eigenvalue weighted by Crippen LogP contribution is 2.19. The largest absolute Gasteiger partial charge is 0.441 e. The molecule has 0 aliphatic carbocycles. The molecule has 7 nitrogen and oxygen atoms in total. The van der Waals surface area contributed by atoms with Crippen molar-refractivity contribution in [3.05, 3.63) is 75.8 Å². The SMILES string of the molecule is C[C@@H](NC(=S)NC(CCc1ccccc1)OC(=O)C(C)(C)C)c1ccc([N+](=O)[O-])cc1. The molecule has 166 valence electrons. The highest BCUT2D eigenvalue weighted by Gasteiger charge is 2.27. The molecule has 0 fully saturated rings. The van der Waals surface area contributed by atoms with Gasteiger partial charge < -0.3 is 15.4 Å². The van der Waals surface area contributed by atoms with Gasteiger partial charge in [0, 0.05) is 18.6 Å². The molecule has 2 rings (SSSR count). The van der Waals surface area contributed by atoms with Crippen molar-refractivity contribution in [3.8, 4) is 0 Å². The molecule has 0 bridgehead atoms. The van der Waals surface area contributed by atoms with Gasteiger partial charge in [-0.25, -0.2) is 0 Å². The number of rotatable bonds is 8. The van der Waals surface area contributed by atoms with E-state index >= 15 is 0 Å². The van der Waals surface area contributed by atoms with Crippen molar-refractivity contribution in [1.82, 2.24) is 10.6 Å². The van der Waals surface area contributed by atoms with Crippen LogP contribution < -0.4 is 10.6 Å². The molecule has 2 aromatic rings. The van der Waals surface area contributed by atoms with Gasteiger partial charge in [0.1, 0.15) is 0 Å². The monoisotopic (exact) mass is 443 g/mol. The summed E-state index contributed by atoms with van der Waals surface area (Å²) < 4.78 is 5.68. The number of nitrogens with one attached hydrogen (secondary N) is 2. The number of carbonyl (C=O) groups is 1. The number of carbonyl (C=O) groups excluding carboxylic acids is 1. The van der Waals surface area contributed by atoms with E-state index in [1.54, 1.807) is 32.9 Å². The molecule has 0 saturated heterocycles. The highest BCUT2D eigenvalue weighted by atomic mass is 32.1. The Balaban J connectivity index is 2.00. The smallest absolute Gasteiger partial charge is 0.313 e. The van der Waals surface area contributed by atoms with Crippen LogP contribution >= 0.6 is 12.2 Å². The molecule has 31 heavy (non-hydrogen) atoms. The van der Waals surface area contributed by atoms with Gasteiger partial charge in [-0.05, 0) is 57.5 Å². The number of nitro groups is 1. The number of nitro benzene ring substituents is 1. The van der Waals surface area contributed by atoms with Gasteiger partial charge in [-0.1, -0.05) is 42.5 Å². The maximum Gasteiger partial charge on any atom is 0.313 e. The molecular formula is C23H29N3O4S. The van der Waals surface area contributed by atoms with Crippen molar-refractivity contribution < 1.29 is 14.5 Å². The standard InChI is InChI=1S/C23H29N3O4S/c1-16(18-11-13-19(14-12-18)26(28)29)24-22(31)25-20(30-21(27)23(2,3)4)15-10-17-8-6-5-7-9-17/h5-9,11-14,16,20H,10,15H2,1-4H3,(H2,24,25,31)/t16-,20?/m1/s1. The molecule has 0 aliphatic heterocycles. The molecular weight excluding hydrogens is 414 g/mol. The van der Waals surface area contributed by atoms with Crippen LogP contribution in [0.5, 0.6) is 0 Å². The summed E-state index contributed by atoms with van der Waals surface area (Å²) in [5, 5.41) is 17.4. The van der Waals surface area contributed by atoms with E-state index in [9.17, 15) is 14.9 Å². The van der Waals surface area contributed by atoms with Gasteiger partial charge in [-0.3, -0.25) is 14.9 Å². The first kappa shape index (κ1) is 24.3. The molecule has 2 N–H and O–H groups in total. The van der Waals surface area contributed by atoms with E-state index in [1.807, 2.05) is 37.3 Å². The molecule has 0 aliphatic rings. The van der Waals surface area contributed by atoms with Gasteiger partial charge in [0.2, 0.25) is 0 Å². The van der Waals surface area contributed by atoms with Crippen molar-refractivity contribution in [3.63, 3.8) is 0 Å². The van der Waals surface area contributed by atoms with Crippen LogP contribution in [0.2, 0.25) is 0 Å². The van der Waals surface area contributed by atoms with Gasteiger partial charge >= 0.3 is 5.97 Å². The van der Waals surface area contributed by atoms with Gasteiger partial charge in [0.25, 0.3) is 5.69 Å². The summed E-state index contributed by atoms with van der Waals surface area (Å²) in [7, 11) is 0. The normalized spacial score (nSPS) is 13.0. The van der Waals surface area contributed by atoms with E-state index in [0.29, 0.717) is 11.5 Å². The molecule has 0 amide bonds. The second-order valence-corrected chi connectivity index (χ2v) is 8.76. The Labute approximate surface area is 188 Å². The molecule has 0 radical (unpaired) electrons. The summed E-state index contributed by atoms with van der Waals surface area (Å²) in [6.45, 7) is 7.31. The number of esters is 1. The third-order valence-corrected chi connectivity index (χ3v) is 4.88. The number of nitrogens with zero attached hydrogens (tertiary/aromatic N) is 1. The Morgan fingerprint density at radius 1 is 1.10 bits per heavy atom. The van der Waals surface area contributed by atoms with Crippen LogP contribution in [0, 0.1) is 15.5 Å². The first-order valence-corrected chi connectivity index (χ1v) is 10.5. The molecule has 0 heterocycles. The number of hydrogen-bond acceptors (Lipinski definition) is 5. The Kier molecular flexibility index (Phi) is 8.50. The van der Waals surface area contributed by atoms with Crippen molar-refractivity contribution in [1.29, 1.82) is 0 Å². The Morgan fingerprint density at radius 2 is 1.71 bits per heavy atom. The minimum Gasteiger partial charge on any atom is -0.441 e. The van der Waals surface area contributed by atoms with Crippen LogP contribution in [0.4, 0.5) is 5.69 Å². The third kappa shape index (κ3) is 7.97. The molecule has 0 spiro atoms. The summed E-state index contributed by atoms with van der Waals surface area (Å²) in [4.78, 5) is 22.8. The second kappa shape index (κ2) is 10.9. The lowest BCUT2D eigenvalue weighted by Crippen LogP contribution is -2.46. The topological polar surface area (TPSA) is 93.5 Å². The number of thiocarbonyl (C=S) groups is 1. The summed E-state index contributed by atoms with van der Waals surface area (Å²) >= 11 is 5.43. The zero-order valence-corrected chi connectivity index (χ0v) is 19.1. The van der Waals surface area contributed by atoms with Crippen LogP contribution in [0.3, 0.4) is 0 Å². The molecule has 1 unspecified atom stereocenters. The average molecular weight is 444 g/mol. The van der Waals surface area contributed by atoms with Crippen LogP contribution in [-0.2, 0) is 16.0 Å². The Bertz CT molecular complexity index is 895. The molecule has 2 aromatic carbocycles. The lowest BCUT2D eigenvalue weighted by atomic mass is 9.97. The van der Waals surface area contributed by atoms with Crippen molar-refractivity contribution >= 4 is 29.0 Å². The number of hydrogen-bond donors (Lipinski definition) is 2. The molecule has 0 saturated carbocycles. The van der Waals surface area contributed by atoms with Gasteiger partial charge in [0.15, 0.2) is 11.3 Å². The maximum absolute atomic E-state index is 12.4. The van der Waals surface area contributed by atoms with E-state index in [1.165, 1.54) is 12.1 Å². The molecule has 8 heteroatoms. The number of benzene rings is 2. The van der Waals surface area contributed by atoms with Crippen molar-refractivity contribution in [2.75, 3.05) is 0 Å². The fraction of sp³-hybridized carbons (Fsp3) is 0.391. The number of aryl methyl sites for hydroxylation is 1. The summed E-state index contributed by atoms with van der Waals surface area (Å²) in [6, 6.07) is 16.0. The average Bonchev–Trinajstić information content (AvgIpc) is 2.72. The predicted octanol–water partition coefficient (Wildman–Crippen LogP) is 4.67. The van der Waals surface area contributed by atoms with Crippen LogP contribution in [0.1, 0.15) is 51.3 Å². The fourth-order valence-electron chi connectivity index (χ4n) is 2.76. The minimum absolute atomic E-state index is 0.0340. The second-order valence-electron chi connectivity index (χ2n) is 8.36. The van der Waals surface area contributed by atoms with Gasteiger partial charge in [-0.2, -0.15) is 0 Å². The number of ether oxygens (including phenoxy) is 1. The first-order chi connectivity index (χ1) is 14.6. The highest BCUT2D eigenvalue weighted by molar-refractivity contribution is 7.80. The molecule has 2 atom stereocenters. The minimum atomic E-state index is -0.631. The van der Waals surface area contributed by atoms with E-state index in [4.69, 9.17) is 17.0 Å². The zero-order chi connectivity index (χ0) is 23.0. The van der Waals surface area contributed by atoms with Crippen molar-refractivity contribution in [2.45, 2.75) is 52.8 Å². The Hall–Kier alpha value is -3.00. The van der Waals surface area contributed by atoms with Gasteiger partial charge in [-0.15, -0.1) is 0 Å². The summed E-state index contributed by atoms with van der Waals surface area (Å²) in [5.41, 5.74) is 1.39. The predicted molar refractivity (Wildman–Crippen MR) is 124 cm³/mol. The van der Waals surface area contributed by atoms with Crippen LogP contribution in [-0.4, -0.2) is 22.2 Å². The van der Waals surface area contributed by atoms with E-state index < -0.39 is 16.6 Å². The maximum atomic E-state index is 12.4. The quantitative estimate of drug-likeness (QED) is 0.201. The third-order valence-electron chi connectivity index (χ3n) is 4.64. The van der Waals surface area contributed by atoms with Gasteiger partial charge in [0.05, 0.1) is 16.4 Å². The van der Waals surface area contributed by atoms with E-state index in [-0.39, 0.29) is 17.7 Å². The van der Waals surface area contributed by atoms with E-state index in [2.05, 4.69) is 10.6 Å². The Morgan fingerprint density at radius 3 is 2.26 bits per heavy atom. The lowest BCUT2D eigenvalue weighted by Gasteiger charge is -2.26. The molecule has 0 aromatic heterocycles. The zero-order valence-electron chi connectivity index (χ0n) is 18.3. The fourth-order valence-corrected chi connectivity index (χ4v) is 3.07. The van der Waals surface area contributed by atoms with E-state index in [0.717, 1.165) is 17.5 Å². The summed E-state index contributed by atoms with van der Waals surface area (Å²) in [5.74, 6) is -0.315. The van der Waals surface area contributed by atoms with Crippen molar-refractivity contribution in [2.24, 2.45) is 5.41 Å². The van der Waals surface area contributed by atoms with Crippen LogP contribution in [0.25, 0.3) is 0 Å². The van der Waals surface area contributed by atoms with Crippen LogP contribution in [0.15, 0.2) is 54.6 Å². The summed E-state index contributed by atoms with van der Waals surface area (Å²) in [6.07, 6.45) is 0.687. The lowest BCUT2D eigenvalue weighted by molar-refractivity contribution is -0.384. The first-order valence-electron chi connectivity index (χ1n) is 10.1.